The van der Waals surface area contributed by atoms with E-state index in [0.29, 0.717) is 49.0 Å². The van der Waals surface area contributed by atoms with Crippen LogP contribution in [0.1, 0.15) is 39.9 Å². The van der Waals surface area contributed by atoms with Gasteiger partial charge >= 0.3 is 0 Å². The number of hydrogen-bond acceptors (Lipinski definition) is 4. The first kappa shape index (κ1) is 23.7. The zero-order chi connectivity index (χ0) is 25.1. The lowest BCUT2D eigenvalue weighted by molar-refractivity contribution is -0.134. The molecular formula is C29H27FN4O2. The molecule has 3 aromatic rings. The standard InChI is InChI=1S/C29H27FN4O2/c30-25-9-5-4-8-24(25)20-34-28(36)26(18-21-6-2-1-3-7-21)32-29(34)14-16-33(17-15-29)27(35)23-12-10-22(19-31)11-13-23/h1-13,26,32H,14-18,20H2. The third-order valence-electron chi connectivity index (χ3n) is 7.23. The van der Waals surface area contributed by atoms with Crippen molar-refractivity contribution in [3.8, 4) is 6.07 Å². The highest BCUT2D eigenvalue weighted by Gasteiger charge is 2.51. The Balaban J connectivity index is 1.36. The zero-order valence-corrected chi connectivity index (χ0v) is 19.9. The van der Waals surface area contributed by atoms with Crippen molar-refractivity contribution in [3.05, 3.63) is 107 Å². The van der Waals surface area contributed by atoms with Crippen molar-refractivity contribution in [2.45, 2.75) is 37.5 Å². The van der Waals surface area contributed by atoms with Crippen molar-refractivity contribution in [1.29, 1.82) is 5.26 Å². The summed E-state index contributed by atoms with van der Waals surface area (Å²) in [6.07, 6.45) is 1.63. The number of carbonyl (C=O) groups excluding carboxylic acids is 2. The summed E-state index contributed by atoms with van der Waals surface area (Å²) in [7, 11) is 0. The van der Waals surface area contributed by atoms with E-state index in [1.54, 1.807) is 52.3 Å². The molecule has 7 heteroatoms. The minimum Gasteiger partial charge on any atom is -0.338 e. The monoisotopic (exact) mass is 482 g/mol. The number of nitrogens with zero attached hydrogens (tertiary/aromatic N) is 3. The lowest BCUT2D eigenvalue weighted by Crippen LogP contribution is -2.59. The van der Waals surface area contributed by atoms with Crippen LogP contribution in [0.25, 0.3) is 0 Å². The van der Waals surface area contributed by atoms with Crippen molar-refractivity contribution < 1.29 is 14.0 Å². The molecule has 0 bridgehead atoms. The molecule has 0 radical (unpaired) electrons. The lowest BCUT2D eigenvalue weighted by Gasteiger charge is -2.44. The average molecular weight is 483 g/mol. The van der Waals surface area contributed by atoms with Gasteiger partial charge in [0, 0.05) is 37.1 Å². The van der Waals surface area contributed by atoms with E-state index >= 15 is 0 Å². The number of halogens is 1. The molecule has 2 saturated heterocycles. The van der Waals surface area contributed by atoms with Crippen molar-refractivity contribution in [2.24, 2.45) is 0 Å². The van der Waals surface area contributed by atoms with Crippen LogP contribution in [0.5, 0.6) is 0 Å². The molecular weight excluding hydrogens is 455 g/mol. The van der Waals surface area contributed by atoms with Crippen LogP contribution >= 0.6 is 0 Å². The van der Waals surface area contributed by atoms with Crippen LogP contribution < -0.4 is 5.32 Å². The molecule has 2 amide bonds. The molecule has 5 rings (SSSR count). The summed E-state index contributed by atoms with van der Waals surface area (Å²) in [4.78, 5) is 30.3. The van der Waals surface area contributed by atoms with Gasteiger partial charge in [0.15, 0.2) is 0 Å². The smallest absolute Gasteiger partial charge is 0.253 e. The fourth-order valence-corrected chi connectivity index (χ4v) is 5.24. The number of likely N-dealkylation sites (tertiary alicyclic amines) is 1. The van der Waals surface area contributed by atoms with Gasteiger partial charge in [0.2, 0.25) is 5.91 Å². The summed E-state index contributed by atoms with van der Waals surface area (Å²) < 4.78 is 14.5. The molecule has 182 valence electrons. The predicted octanol–water partition coefficient (Wildman–Crippen LogP) is 3.87. The Kier molecular flexibility index (Phi) is 6.53. The molecule has 2 fully saturated rings. The third-order valence-corrected chi connectivity index (χ3v) is 7.23. The molecule has 0 aromatic heterocycles. The molecule has 36 heavy (non-hydrogen) atoms. The first-order valence-electron chi connectivity index (χ1n) is 12.1. The largest absolute Gasteiger partial charge is 0.338 e. The maximum Gasteiger partial charge on any atom is 0.253 e. The van der Waals surface area contributed by atoms with Gasteiger partial charge in [-0.1, -0.05) is 48.5 Å². The summed E-state index contributed by atoms with van der Waals surface area (Å²) in [5.74, 6) is -0.477. The number of nitrogens with one attached hydrogen (secondary N) is 1. The minimum atomic E-state index is -0.653. The number of hydrogen-bond donors (Lipinski definition) is 1. The van der Waals surface area contributed by atoms with E-state index in [1.807, 2.05) is 30.3 Å². The van der Waals surface area contributed by atoms with Crippen LogP contribution in [-0.4, -0.2) is 46.4 Å². The highest BCUT2D eigenvalue weighted by Crippen LogP contribution is 2.35. The normalized spacial score (nSPS) is 18.9. The Morgan fingerprint density at radius 2 is 1.67 bits per heavy atom. The highest BCUT2D eigenvalue weighted by atomic mass is 19.1. The van der Waals surface area contributed by atoms with Crippen LogP contribution in [0.15, 0.2) is 78.9 Å². The molecule has 0 saturated carbocycles. The zero-order valence-electron chi connectivity index (χ0n) is 19.9. The maximum atomic E-state index is 14.5. The lowest BCUT2D eigenvalue weighted by atomic mass is 9.94. The summed E-state index contributed by atoms with van der Waals surface area (Å²) in [6, 6.07) is 24.7. The SMILES string of the molecule is N#Cc1ccc(C(=O)N2CCC3(CC2)NC(Cc2ccccc2)C(=O)N3Cc2ccccc2F)cc1. The van der Waals surface area contributed by atoms with Gasteiger partial charge in [0.1, 0.15) is 5.82 Å². The molecule has 1 spiro atoms. The second-order valence-corrected chi connectivity index (χ2v) is 9.42. The molecule has 1 unspecified atom stereocenters. The summed E-state index contributed by atoms with van der Waals surface area (Å²) in [5.41, 5.74) is 1.92. The number of nitriles is 1. The van der Waals surface area contributed by atoms with Gasteiger partial charge in [-0.15, -0.1) is 0 Å². The molecule has 2 heterocycles. The number of amides is 2. The van der Waals surface area contributed by atoms with Gasteiger partial charge in [-0.2, -0.15) is 5.26 Å². The molecule has 2 aliphatic heterocycles. The van der Waals surface area contributed by atoms with E-state index < -0.39 is 11.7 Å². The fraction of sp³-hybridized carbons (Fsp3) is 0.276. The molecule has 1 N–H and O–H groups in total. The molecule has 2 aliphatic rings. The third kappa shape index (κ3) is 4.60. The molecule has 3 aromatic carbocycles. The Morgan fingerprint density at radius 1 is 1.00 bits per heavy atom. The number of piperidine rings is 1. The van der Waals surface area contributed by atoms with Crippen molar-refractivity contribution in [2.75, 3.05) is 13.1 Å². The predicted molar refractivity (Wildman–Crippen MR) is 133 cm³/mol. The van der Waals surface area contributed by atoms with Crippen molar-refractivity contribution >= 4 is 11.8 Å². The first-order chi connectivity index (χ1) is 17.5. The Morgan fingerprint density at radius 3 is 2.33 bits per heavy atom. The minimum absolute atomic E-state index is 0.0472. The Labute approximate surface area is 209 Å². The highest BCUT2D eigenvalue weighted by molar-refractivity contribution is 5.94. The number of benzene rings is 3. The van der Waals surface area contributed by atoms with E-state index in [4.69, 9.17) is 5.26 Å². The van der Waals surface area contributed by atoms with E-state index in [-0.39, 0.29) is 24.2 Å². The van der Waals surface area contributed by atoms with Crippen LogP contribution in [0.2, 0.25) is 0 Å². The van der Waals surface area contributed by atoms with Gasteiger partial charge < -0.3 is 9.80 Å². The van der Waals surface area contributed by atoms with E-state index in [0.717, 1.165) is 5.56 Å². The van der Waals surface area contributed by atoms with E-state index in [2.05, 4.69) is 11.4 Å². The quantitative estimate of drug-likeness (QED) is 0.599. The Hall–Kier alpha value is -4.02. The van der Waals surface area contributed by atoms with Crippen LogP contribution in [0.3, 0.4) is 0 Å². The second kappa shape index (κ2) is 9.92. The number of rotatable bonds is 5. The van der Waals surface area contributed by atoms with Crippen LogP contribution in [0, 0.1) is 17.1 Å². The summed E-state index contributed by atoms with van der Waals surface area (Å²) in [5, 5.41) is 12.6. The van der Waals surface area contributed by atoms with Crippen LogP contribution in [0.4, 0.5) is 4.39 Å². The van der Waals surface area contributed by atoms with E-state index in [9.17, 15) is 14.0 Å². The summed E-state index contributed by atoms with van der Waals surface area (Å²) >= 11 is 0. The number of carbonyl (C=O) groups is 2. The van der Waals surface area contributed by atoms with Gasteiger partial charge in [0.25, 0.3) is 5.91 Å². The fourth-order valence-electron chi connectivity index (χ4n) is 5.24. The van der Waals surface area contributed by atoms with Gasteiger partial charge in [-0.25, -0.2) is 4.39 Å². The van der Waals surface area contributed by atoms with E-state index in [1.165, 1.54) is 6.07 Å². The average Bonchev–Trinajstić information content (AvgIpc) is 3.15. The van der Waals surface area contributed by atoms with Crippen molar-refractivity contribution in [3.63, 3.8) is 0 Å². The molecule has 0 aliphatic carbocycles. The summed E-state index contributed by atoms with van der Waals surface area (Å²) in [6.45, 7) is 1.10. The van der Waals surface area contributed by atoms with Crippen LogP contribution in [-0.2, 0) is 17.8 Å². The van der Waals surface area contributed by atoms with Gasteiger partial charge in [-0.3, -0.25) is 14.9 Å². The Bertz CT molecular complexity index is 1290. The topological polar surface area (TPSA) is 76.4 Å². The molecule has 1 atom stereocenters. The van der Waals surface area contributed by atoms with Crippen molar-refractivity contribution in [1.82, 2.24) is 15.1 Å². The first-order valence-corrected chi connectivity index (χ1v) is 12.1. The molecule has 6 nitrogen and oxygen atoms in total. The van der Waals surface area contributed by atoms with Gasteiger partial charge in [0.05, 0.1) is 29.9 Å². The van der Waals surface area contributed by atoms with Gasteiger partial charge in [-0.05, 0) is 42.3 Å². The maximum absolute atomic E-state index is 14.5. The second-order valence-electron chi connectivity index (χ2n) is 9.42.